The number of hydrogen-bond donors (Lipinski definition) is 1. The number of hydrogen-bond acceptors (Lipinski definition) is 1. The summed E-state index contributed by atoms with van der Waals surface area (Å²) in [5, 5.41) is 3.62. The predicted octanol–water partition coefficient (Wildman–Crippen LogP) is 3.34. The summed E-state index contributed by atoms with van der Waals surface area (Å²) < 4.78 is 0. The van der Waals surface area contributed by atoms with E-state index < -0.39 is 0 Å². The molecule has 82 valence electrons. The minimum atomic E-state index is 0.776. The van der Waals surface area contributed by atoms with E-state index in [0.717, 1.165) is 17.9 Å². The maximum absolute atomic E-state index is 3.62. The Labute approximate surface area is 88.7 Å². The van der Waals surface area contributed by atoms with Gasteiger partial charge in [-0.05, 0) is 44.6 Å². The Balaban J connectivity index is 1.68. The number of piperidine rings is 1. The maximum atomic E-state index is 3.62. The van der Waals surface area contributed by atoms with Crippen LogP contribution >= 0.6 is 0 Å². The van der Waals surface area contributed by atoms with Crippen molar-refractivity contribution >= 4 is 0 Å². The van der Waals surface area contributed by atoms with Gasteiger partial charge >= 0.3 is 0 Å². The third kappa shape index (κ3) is 2.98. The van der Waals surface area contributed by atoms with Crippen LogP contribution in [0.15, 0.2) is 0 Å². The molecule has 0 aromatic rings. The molecule has 2 unspecified atom stereocenters. The first-order chi connectivity index (χ1) is 6.84. The van der Waals surface area contributed by atoms with Crippen molar-refractivity contribution in [1.29, 1.82) is 0 Å². The highest BCUT2D eigenvalue weighted by Crippen LogP contribution is 2.31. The molecule has 1 heterocycles. The van der Waals surface area contributed by atoms with Gasteiger partial charge in [0.25, 0.3) is 0 Å². The summed E-state index contributed by atoms with van der Waals surface area (Å²) in [4.78, 5) is 0. The minimum Gasteiger partial charge on any atom is -0.314 e. The van der Waals surface area contributed by atoms with Gasteiger partial charge in [0.1, 0.15) is 0 Å². The van der Waals surface area contributed by atoms with Crippen LogP contribution in [0, 0.1) is 11.8 Å². The van der Waals surface area contributed by atoms with Gasteiger partial charge < -0.3 is 5.32 Å². The number of nitrogens with one attached hydrogen (secondary N) is 1. The van der Waals surface area contributed by atoms with Crippen LogP contribution in [-0.2, 0) is 0 Å². The summed E-state index contributed by atoms with van der Waals surface area (Å²) in [6, 6.07) is 0.776. The van der Waals surface area contributed by atoms with Gasteiger partial charge in [-0.2, -0.15) is 0 Å². The fourth-order valence-electron chi connectivity index (χ4n) is 3.15. The molecule has 2 rings (SSSR count). The molecule has 0 spiro atoms. The van der Waals surface area contributed by atoms with E-state index in [1.54, 1.807) is 0 Å². The molecule has 1 saturated carbocycles. The van der Waals surface area contributed by atoms with E-state index in [-0.39, 0.29) is 0 Å². The van der Waals surface area contributed by atoms with Crippen LogP contribution in [-0.4, -0.2) is 12.6 Å². The average Bonchev–Trinajstić information content (AvgIpc) is 2.23. The maximum Gasteiger partial charge on any atom is 0.00389 e. The molecule has 0 radical (unpaired) electrons. The zero-order valence-electron chi connectivity index (χ0n) is 9.60. The van der Waals surface area contributed by atoms with Gasteiger partial charge in [-0.3, -0.25) is 0 Å². The van der Waals surface area contributed by atoms with Gasteiger partial charge in [0.15, 0.2) is 0 Å². The molecule has 14 heavy (non-hydrogen) atoms. The lowest BCUT2D eigenvalue weighted by Gasteiger charge is -2.31. The van der Waals surface area contributed by atoms with Crippen LogP contribution in [0.25, 0.3) is 0 Å². The second-order valence-electron chi connectivity index (χ2n) is 5.49. The molecular weight excluding hydrogens is 170 g/mol. The quantitative estimate of drug-likeness (QED) is 0.712. The SMILES string of the molecule is CC1CCC(CC2CCCCC2)CN1. The van der Waals surface area contributed by atoms with E-state index in [4.69, 9.17) is 0 Å². The summed E-state index contributed by atoms with van der Waals surface area (Å²) in [7, 11) is 0. The molecule has 2 atom stereocenters. The zero-order chi connectivity index (χ0) is 9.80. The summed E-state index contributed by atoms with van der Waals surface area (Å²) in [5.74, 6) is 2.07. The van der Waals surface area contributed by atoms with Gasteiger partial charge in [0.2, 0.25) is 0 Å². The largest absolute Gasteiger partial charge is 0.314 e. The number of rotatable bonds is 2. The van der Waals surface area contributed by atoms with Crippen molar-refractivity contribution in [2.45, 2.75) is 64.3 Å². The Bertz CT molecular complexity index is 153. The summed E-state index contributed by atoms with van der Waals surface area (Å²) in [6.45, 7) is 3.61. The van der Waals surface area contributed by atoms with Crippen molar-refractivity contribution in [2.75, 3.05) is 6.54 Å². The highest BCUT2D eigenvalue weighted by molar-refractivity contribution is 4.78. The Hall–Kier alpha value is -0.0400. The Morgan fingerprint density at radius 1 is 0.929 bits per heavy atom. The highest BCUT2D eigenvalue weighted by atomic mass is 14.9. The van der Waals surface area contributed by atoms with Gasteiger partial charge in [0.05, 0.1) is 0 Å². The molecule has 0 aromatic carbocycles. The molecule has 1 heteroatoms. The lowest BCUT2D eigenvalue weighted by Crippen LogP contribution is -2.37. The van der Waals surface area contributed by atoms with E-state index >= 15 is 0 Å². The molecule has 0 aromatic heterocycles. The van der Waals surface area contributed by atoms with E-state index in [0.29, 0.717) is 0 Å². The molecule has 0 bridgehead atoms. The third-order valence-corrected chi connectivity index (χ3v) is 4.15. The fraction of sp³-hybridized carbons (Fsp3) is 1.00. The Morgan fingerprint density at radius 2 is 1.71 bits per heavy atom. The van der Waals surface area contributed by atoms with Crippen molar-refractivity contribution < 1.29 is 0 Å². The lowest BCUT2D eigenvalue weighted by molar-refractivity contribution is 0.236. The summed E-state index contributed by atoms with van der Waals surface area (Å²) >= 11 is 0. The summed E-state index contributed by atoms with van der Waals surface area (Å²) in [5.41, 5.74) is 0. The molecular formula is C13H25N. The second kappa shape index (κ2) is 5.16. The molecule has 2 fully saturated rings. The topological polar surface area (TPSA) is 12.0 Å². The second-order valence-corrected chi connectivity index (χ2v) is 5.49. The van der Waals surface area contributed by atoms with Gasteiger partial charge in [0, 0.05) is 6.04 Å². The van der Waals surface area contributed by atoms with Crippen molar-refractivity contribution in [3.8, 4) is 0 Å². The van der Waals surface area contributed by atoms with E-state index in [1.807, 2.05) is 0 Å². The Morgan fingerprint density at radius 3 is 2.36 bits per heavy atom. The smallest absolute Gasteiger partial charge is 0.00389 e. The standard InChI is InChI=1S/C13H25N/c1-11-7-8-13(10-14-11)9-12-5-3-2-4-6-12/h11-14H,2-10H2,1H3. The van der Waals surface area contributed by atoms with Gasteiger partial charge in [-0.1, -0.05) is 32.1 Å². The highest BCUT2D eigenvalue weighted by Gasteiger charge is 2.22. The predicted molar refractivity (Wildman–Crippen MR) is 61.4 cm³/mol. The molecule has 1 aliphatic carbocycles. The Kier molecular flexibility index (Phi) is 3.86. The first kappa shape index (κ1) is 10.5. The molecule has 1 aliphatic heterocycles. The van der Waals surface area contributed by atoms with E-state index in [9.17, 15) is 0 Å². The fourth-order valence-corrected chi connectivity index (χ4v) is 3.15. The molecule has 1 N–H and O–H groups in total. The third-order valence-electron chi connectivity index (χ3n) is 4.15. The van der Waals surface area contributed by atoms with E-state index in [2.05, 4.69) is 12.2 Å². The van der Waals surface area contributed by atoms with Crippen molar-refractivity contribution in [3.05, 3.63) is 0 Å². The van der Waals surface area contributed by atoms with Crippen molar-refractivity contribution in [1.82, 2.24) is 5.32 Å². The minimum absolute atomic E-state index is 0.776. The molecule has 1 nitrogen and oxygen atoms in total. The first-order valence-corrected chi connectivity index (χ1v) is 6.58. The summed E-state index contributed by atoms with van der Waals surface area (Å²) in [6.07, 6.45) is 11.9. The molecule has 1 saturated heterocycles. The molecule has 2 aliphatic rings. The van der Waals surface area contributed by atoms with Crippen LogP contribution in [0.1, 0.15) is 58.3 Å². The van der Waals surface area contributed by atoms with Crippen LogP contribution in [0.3, 0.4) is 0 Å². The monoisotopic (exact) mass is 195 g/mol. The van der Waals surface area contributed by atoms with Crippen LogP contribution in [0.5, 0.6) is 0 Å². The van der Waals surface area contributed by atoms with E-state index in [1.165, 1.54) is 57.9 Å². The zero-order valence-corrected chi connectivity index (χ0v) is 9.60. The van der Waals surface area contributed by atoms with Crippen molar-refractivity contribution in [2.24, 2.45) is 11.8 Å². The van der Waals surface area contributed by atoms with Crippen LogP contribution in [0.4, 0.5) is 0 Å². The molecule has 0 amide bonds. The lowest BCUT2D eigenvalue weighted by atomic mass is 9.80. The average molecular weight is 195 g/mol. The van der Waals surface area contributed by atoms with Crippen LogP contribution in [0.2, 0.25) is 0 Å². The normalized spacial score (nSPS) is 35.8. The van der Waals surface area contributed by atoms with Crippen LogP contribution < -0.4 is 5.32 Å². The van der Waals surface area contributed by atoms with Crippen molar-refractivity contribution in [3.63, 3.8) is 0 Å². The first-order valence-electron chi connectivity index (χ1n) is 6.58. The van der Waals surface area contributed by atoms with Gasteiger partial charge in [-0.15, -0.1) is 0 Å². The van der Waals surface area contributed by atoms with Gasteiger partial charge in [-0.25, -0.2) is 0 Å².